The number of para-hydroxylation sites is 1. The van der Waals surface area contributed by atoms with Crippen molar-refractivity contribution in [2.75, 3.05) is 20.3 Å². The normalized spacial score (nSPS) is 14.2. The zero-order valence-corrected chi connectivity index (χ0v) is 28.4. The van der Waals surface area contributed by atoms with E-state index in [1.807, 2.05) is 6.07 Å². The van der Waals surface area contributed by atoms with E-state index >= 15 is 0 Å². The number of amides is 1. The molecule has 0 saturated carbocycles. The van der Waals surface area contributed by atoms with Crippen LogP contribution in [0.1, 0.15) is 42.1 Å². The second kappa shape index (κ2) is 16.8. The summed E-state index contributed by atoms with van der Waals surface area (Å²) in [4.78, 5) is 25.5. The zero-order valence-electron chi connectivity index (χ0n) is 26.0. The lowest BCUT2D eigenvalue weighted by Gasteiger charge is -2.30. The number of hydrogen-bond donors (Lipinski definition) is 3. The van der Waals surface area contributed by atoms with Gasteiger partial charge in [0.1, 0.15) is 12.4 Å². The fourth-order valence-corrected chi connectivity index (χ4v) is 5.51. The van der Waals surface area contributed by atoms with Gasteiger partial charge in [0.15, 0.2) is 23.2 Å². The van der Waals surface area contributed by atoms with Crippen molar-refractivity contribution in [3.05, 3.63) is 111 Å². The second-order valence-corrected chi connectivity index (χ2v) is 11.4. The van der Waals surface area contributed by atoms with Crippen LogP contribution in [-0.2, 0) is 27.4 Å². The Morgan fingerprint density at radius 3 is 2.60 bits per heavy atom. The van der Waals surface area contributed by atoms with E-state index in [1.165, 1.54) is 13.3 Å². The highest BCUT2D eigenvalue weighted by Gasteiger charge is 2.32. The molecule has 0 saturated heterocycles. The lowest BCUT2D eigenvalue weighted by atomic mass is 9.95. The van der Waals surface area contributed by atoms with E-state index in [1.54, 1.807) is 68.5 Å². The molecule has 1 aliphatic heterocycles. The first kappa shape index (κ1) is 35.3. The molecule has 0 bridgehead atoms. The Morgan fingerprint density at radius 2 is 1.87 bits per heavy atom. The molecule has 0 aromatic heterocycles. The SMILES string of the molecule is C=CCc1cc(C=NNC(=O)COc2ccccc2[C@H]2NC(=S)NC(C)=C2C(=O)OCC)cc(OC)c1OCc1ccc(Cl)cc1Cl. The molecule has 0 aliphatic carbocycles. The third-order valence-corrected chi connectivity index (χ3v) is 7.69. The molecule has 246 valence electrons. The van der Waals surface area contributed by atoms with Crippen LogP contribution < -0.4 is 30.3 Å². The quantitative estimate of drug-likeness (QED) is 0.0596. The van der Waals surface area contributed by atoms with Gasteiger partial charge < -0.3 is 29.6 Å². The van der Waals surface area contributed by atoms with Gasteiger partial charge in [-0.3, -0.25) is 4.79 Å². The van der Waals surface area contributed by atoms with Crippen LogP contribution in [0.4, 0.5) is 0 Å². The topological polar surface area (TPSA) is 120 Å². The smallest absolute Gasteiger partial charge is 0.338 e. The summed E-state index contributed by atoms with van der Waals surface area (Å²) in [6, 6.07) is 15.2. The van der Waals surface area contributed by atoms with Gasteiger partial charge in [0.05, 0.1) is 31.5 Å². The minimum absolute atomic E-state index is 0.198. The van der Waals surface area contributed by atoms with E-state index in [2.05, 4.69) is 27.7 Å². The van der Waals surface area contributed by atoms with Crippen molar-refractivity contribution in [1.29, 1.82) is 0 Å². The second-order valence-electron chi connectivity index (χ2n) is 10.1. The summed E-state index contributed by atoms with van der Waals surface area (Å²) < 4.78 is 22.9. The Hall–Kier alpha value is -4.58. The number of carbonyl (C=O) groups excluding carboxylic acids is 2. The minimum Gasteiger partial charge on any atom is -0.493 e. The van der Waals surface area contributed by atoms with E-state index in [0.29, 0.717) is 61.2 Å². The summed E-state index contributed by atoms with van der Waals surface area (Å²) >= 11 is 17.7. The number of benzene rings is 3. The van der Waals surface area contributed by atoms with Gasteiger partial charge in [0.25, 0.3) is 5.91 Å². The molecule has 0 spiro atoms. The number of rotatable bonds is 14. The highest BCUT2D eigenvalue weighted by Crippen LogP contribution is 2.35. The van der Waals surface area contributed by atoms with Gasteiger partial charge in [0.2, 0.25) is 0 Å². The average Bonchev–Trinajstić information content (AvgIpc) is 3.03. The number of ether oxygens (including phenoxy) is 4. The molecule has 13 heteroatoms. The van der Waals surface area contributed by atoms with Crippen LogP contribution in [-0.4, -0.2) is 43.5 Å². The number of allylic oxidation sites excluding steroid dienone is 2. The molecular weight excluding hydrogens is 663 g/mol. The van der Waals surface area contributed by atoms with E-state index in [4.69, 9.17) is 54.4 Å². The summed E-state index contributed by atoms with van der Waals surface area (Å²) in [6.45, 7) is 7.39. The molecule has 0 radical (unpaired) electrons. The third-order valence-electron chi connectivity index (χ3n) is 6.88. The van der Waals surface area contributed by atoms with Crippen molar-refractivity contribution >= 4 is 58.6 Å². The Labute approximate surface area is 288 Å². The number of halogens is 2. The minimum atomic E-state index is -0.644. The predicted molar refractivity (Wildman–Crippen MR) is 186 cm³/mol. The molecule has 0 fully saturated rings. The molecule has 1 amide bonds. The third kappa shape index (κ3) is 9.25. The van der Waals surface area contributed by atoms with Crippen LogP contribution in [0.15, 0.2) is 83.6 Å². The number of nitrogens with zero attached hydrogens (tertiary/aromatic N) is 1. The number of thiocarbonyl (C=S) groups is 1. The molecular formula is C34H34Cl2N4O6S. The van der Waals surface area contributed by atoms with Gasteiger partial charge in [-0.1, -0.05) is 53.5 Å². The molecule has 3 N–H and O–H groups in total. The lowest BCUT2D eigenvalue weighted by molar-refractivity contribution is -0.139. The monoisotopic (exact) mass is 696 g/mol. The number of carbonyl (C=O) groups is 2. The number of hydrazone groups is 1. The van der Waals surface area contributed by atoms with Crippen molar-refractivity contribution in [2.24, 2.45) is 5.10 Å². The molecule has 0 unspecified atom stereocenters. The highest BCUT2D eigenvalue weighted by atomic mass is 35.5. The Balaban J connectivity index is 1.44. The summed E-state index contributed by atoms with van der Waals surface area (Å²) in [7, 11) is 1.53. The van der Waals surface area contributed by atoms with Gasteiger partial charge in [-0.2, -0.15) is 5.10 Å². The van der Waals surface area contributed by atoms with Crippen molar-refractivity contribution in [2.45, 2.75) is 32.9 Å². The standard InChI is InChI=1S/C34H34Cl2N4O6S/c1-5-9-22-14-21(15-28(43-4)32(22)46-18-23-12-13-24(35)16-26(23)36)17-37-40-29(41)19-45-27-11-8-7-10-25(27)31-30(33(42)44-6-2)20(3)38-34(47)39-31/h5,7-8,10-17,31H,1,6,9,18-19H2,2-4H3,(H,40,41)(H2,38,39,47)/t31-/m1/s1. The predicted octanol–water partition coefficient (Wildman–Crippen LogP) is 6.19. The fraction of sp³-hybridized carbons (Fsp3) is 0.235. The van der Waals surface area contributed by atoms with Crippen LogP contribution >= 0.6 is 35.4 Å². The van der Waals surface area contributed by atoms with Crippen LogP contribution in [0.2, 0.25) is 10.0 Å². The Bertz CT molecular complexity index is 1730. The molecule has 10 nitrogen and oxygen atoms in total. The molecule has 1 heterocycles. The number of hydrogen-bond acceptors (Lipinski definition) is 8. The van der Waals surface area contributed by atoms with E-state index in [-0.39, 0.29) is 19.8 Å². The highest BCUT2D eigenvalue weighted by molar-refractivity contribution is 7.80. The van der Waals surface area contributed by atoms with Gasteiger partial charge >= 0.3 is 5.97 Å². The van der Waals surface area contributed by atoms with Crippen LogP contribution in [0.5, 0.6) is 17.2 Å². The first-order valence-electron chi connectivity index (χ1n) is 14.5. The molecule has 1 aliphatic rings. The number of nitrogens with one attached hydrogen (secondary N) is 3. The summed E-state index contributed by atoms with van der Waals surface area (Å²) in [5.41, 5.74) is 6.24. The summed E-state index contributed by atoms with van der Waals surface area (Å²) in [5, 5.41) is 11.5. The molecule has 4 rings (SSSR count). The Kier molecular flexibility index (Phi) is 12.6. The van der Waals surface area contributed by atoms with Gasteiger partial charge in [-0.15, -0.1) is 6.58 Å². The maximum atomic E-state index is 12.8. The number of esters is 1. The lowest BCUT2D eigenvalue weighted by Crippen LogP contribution is -2.45. The molecule has 1 atom stereocenters. The maximum Gasteiger partial charge on any atom is 0.338 e. The number of methoxy groups -OCH3 is 1. The molecule has 3 aromatic rings. The first-order valence-corrected chi connectivity index (χ1v) is 15.7. The maximum absolute atomic E-state index is 12.8. The van der Waals surface area contributed by atoms with Gasteiger partial charge in [-0.05, 0) is 68.4 Å². The summed E-state index contributed by atoms with van der Waals surface area (Å²) in [6.07, 6.45) is 3.72. The van der Waals surface area contributed by atoms with Gasteiger partial charge in [-0.25, -0.2) is 10.2 Å². The molecule has 47 heavy (non-hydrogen) atoms. The zero-order chi connectivity index (χ0) is 33.9. The van der Waals surface area contributed by atoms with Crippen molar-refractivity contribution < 1.29 is 28.5 Å². The van der Waals surface area contributed by atoms with Crippen LogP contribution in [0, 0.1) is 0 Å². The largest absolute Gasteiger partial charge is 0.493 e. The Morgan fingerprint density at radius 1 is 1.09 bits per heavy atom. The summed E-state index contributed by atoms with van der Waals surface area (Å²) in [5.74, 6) is 0.405. The average molecular weight is 698 g/mol. The van der Waals surface area contributed by atoms with Crippen molar-refractivity contribution in [3.63, 3.8) is 0 Å². The first-order chi connectivity index (χ1) is 22.6. The fourth-order valence-electron chi connectivity index (χ4n) is 4.78. The van der Waals surface area contributed by atoms with Crippen LogP contribution in [0.25, 0.3) is 0 Å². The van der Waals surface area contributed by atoms with E-state index in [9.17, 15) is 9.59 Å². The van der Waals surface area contributed by atoms with Crippen molar-refractivity contribution in [3.8, 4) is 17.2 Å². The van der Waals surface area contributed by atoms with Crippen LogP contribution in [0.3, 0.4) is 0 Å². The van der Waals surface area contributed by atoms with E-state index in [0.717, 1.165) is 11.1 Å². The van der Waals surface area contributed by atoms with Gasteiger partial charge in [0, 0.05) is 32.4 Å². The van der Waals surface area contributed by atoms with Crippen molar-refractivity contribution in [1.82, 2.24) is 16.1 Å². The molecule has 3 aromatic carbocycles. The van der Waals surface area contributed by atoms with E-state index < -0.39 is 17.9 Å².